The number of fused-ring (bicyclic) bond motifs is 1. The number of carbonyl (C=O) groups excluding carboxylic acids is 1. The Kier molecular flexibility index (Phi) is 5.21. The highest BCUT2D eigenvalue weighted by molar-refractivity contribution is 5.94. The fraction of sp³-hybridized carbons (Fsp3) is 0.150. The Morgan fingerprint density at radius 3 is 2.22 bits per heavy atom. The second kappa shape index (κ2) is 7.57. The van der Waals surface area contributed by atoms with Crippen LogP contribution in [0.4, 0.5) is 18.9 Å². The summed E-state index contributed by atoms with van der Waals surface area (Å²) in [5.41, 5.74) is 0.337. The highest BCUT2D eigenvalue weighted by atomic mass is 19.4. The van der Waals surface area contributed by atoms with Crippen LogP contribution in [0, 0.1) is 0 Å². The molecule has 3 aromatic carbocycles. The van der Waals surface area contributed by atoms with E-state index in [2.05, 4.69) is 10.1 Å². The van der Waals surface area contributed by atoms with Crippen molar-refractivity contribution in [1.82, 2.24) is 0 Å². The number of anilines is 1. The Bertz CT molecular complexity index is 939. The lowest BCUT2D eigenvalue weighted by molar-refractivity contribution is -0.274. The fourth-order valence-corrected chi connectivity index (χ4v) is 2.48. The average Bonchev–Trinajstić information content (AvgIpc) is 2.62. The fourth-order valence-electron chi connectivity index (χ4n) is 2.48. The normalized spacial score (nSPS) is 12.4. The summed E-state index contributed by atoms with van der Waals surface area (Å²) >= 11 is 0. The third-order valence-corrected chi connectivity index (χ3v) is 3.76. The van der Waals surface area contributed by atoms with Gasteiger partial charge in [0.2, 0.25) is 0 Å². The van der Waals surface area contributed by atoms with Crippen LogP contribution in [-0.2, 0) is 4.79 Å². The molecule has 140 valence electrons. The molecular formula is C20H16F3NO3. The van der Waals surface area contributed by atoms with Crippen LogP contribution in [-0.4, -0.2) is 18.4 Å². The molecule has 0 spiro atoms. The highest BCUT2D eigenvalue weighted by Gasteiger charge is 2.31. The number of carbonyl (C=O) groups is 1. The predicted octanol–water partition coefficient (Wildman–Crippen LogP) is 5.14. The molecule has 7 heteroatoms. The molecule has 0 fully saturated rings. The minimum atomic E-state index is -4.76. The highest BCUT2D eigenvalue weighted by Crippen LogP contribution is 2.24. The van der Waals surface area contributed by atoms with Crippen molar-refractivity contribution >= 4 is 22.4 Å². The Balaban J connectivity index is 1.61. The molecule has 1 atom stereocenters. The van der Waals surface area contributed by atoms with Gasteiger partial charge in [-0.15, -0.1) is 13.2 Å². The van der Waals surface area contributed by atoms with Crippen molar-refractivity contribution in [2.45, 2.75) is 19.4 Å². The second-order valence-electron chi connectivity index (χ2n) is 5.83. The van der Waals surface area contributed by atoms with Crippen LogP contribution < -0.4 is 14.8 Å². The summed E-state index contributed by atoms with van der Waals surface area (Å²) in [6, 6.07) is 18.2. The lowest BCUT2D eigenvalue weighted by atomic mass is 10.1. The van der Waals surface area contributed by atoms with E-state index < -0.39 is 18.4 Å². The van der Waals surface area contributed by atoms with Gasteiger partial charge in [-0.1, -0.05) is 30.3 Å². The molecule has 27 heavy (non-hydrogen) atoms. The van der Waals surface area contributed by atoms with E-state index in [1.54, 1.807) is 13.0 Å². The summed E-state index contributed by atoms with van der Waals surface area (Å²) in [6.07, 6.45) is -5.55. The zero-order valence-corrected chi connectivity index (χ0v) is 14.3. The Morgan fingerprint density at radius 1 is 0.926 bits per heavy atom. The molecule has 1 amide bonds. The Morgan fingerprint density at radius 2 is 1.56 bits per heavy atom. The average molecular weight is 375 g/mol. The molecule has 0 aliphatic carbocycles. The summed E-state index contributed by atoms with van der Waals surface area (Å²) in [5, 5.41) is 4.64. The van der Waals surface area contributed by atoms with Gasteiger partial charge in [-0.3, -0.25) is 4.79 Å². The molecule has 0 radical (unpaired) electrons. The second-order valence-corrected chi connectivity index (χ2v) is 5.83. The number of alkyl halides is 3. The van der Waals surface area contributed by atoms with Gasteiger partial charge < -0.3 is 14.8 Å². The van der Waals surface area contributed by atoms with Gasteiger partial charge >= 0.3 is 6.36 Å². The van der Waals surface area contributed by atoms with Gasteiger partial charge in [0.1, 0.15) is 11.5 Å². The molecule has 0 aromatic heterocycles. The molecule has 4 nitrogen and oxygen atoms in total. The molecular weight excluding hydrogens is 359 g/mol. The van der Waals surface area contributed by atoms with E-state index in [0.717, 1.165) is 22.9 Å². The van der Waals surface area contributed by atoms with E-state index >= 15 is 0 Å². The molecule has 0 saturated carbocycles. The third-order valence-electron chi connectivity index (χ3n) is 3.76. The number of hydrogen-bond acceptors (Lipinski definition) is 3. The van der Waals surface area contributed by atoms with E-state index in [1.807, 2.05) is 36.4 Å². The van der Waals surface area contributed by atoms with E-state index in [9.17, 15) is 18.0 Å². The van der Waals surface area contributed by atoms with Gasteiger partial charge in [0.15, 0.2) is 6.10 Å². The first kappa shape index (κ1) is 18.6. The largest absolute Gasteiger partial charge is 0.573 e. The summed E-state index contributed by atoms with van der Waals surface area (Å²) in [7, 11) is 0. The van der Waals surface area contributed by atoms with Crippen LogP contribution >= 0.6 is 0 Å². The molecule has 3 rings (SSSR count). The van der Waals surface area contributed by atoms with Crippen molar-refractivity contribution in [2.24, 2.45) is 0 Å². The van der Waals surface area contributed by atoms with Crippen LogP contribution in [0.2, 0.25) is 0 Å². The standard InChI is InChI=1S/C20H16F3NO3/c1-13(26-18-9-6-14-4-2-3-5-15(14)12-18)19(25)24-16-7-10-17(11-8-16)27-20(21,22)23/h2-13H,1H3,(H,24,25)/t13-/m0/s1. The number of ether oxygens (including phenoxy) is 2. The quantitative estimate of drug-likeness (QED) is 0.671. The van der Waals surface area contributed by atoms with Crippen LogP contribution in [0.5, 0.6) is 11.5 Å². The molecule has 0 aliphatic heterocycles. The predicted molar refractivity (Wildman–Crippen MR) is 95.8 cm³/mol. The Labute approximate surface area is 153 Å². The molecule has 0 bridgehead atoms. The van der Waals surface area contributed by atoms with E-state index in [0.29, 0.717) is 11.4 Å². The molecule has 0 unspecified atom stereocenters. The van der Waals surface area contributed by atoms with Crippen molar-refractivity contribution in [3.8, 4) is 11.5 Å². The Hall–Kier alpha value is -3.22. The van der Waals surface area contributed by atoms with Gasteiger partial charge in [0.25, 0.3) is 5.91 Å². The van der Waals surface area contributed by atoms with Crippen LogP contribution in [0.15, 0.2) is 66.7 Å². The molecule has 3 aromatic rings. The van der Waals surface area contributed by atoms with Crippen LogP contribution in [0.1, 0.15) is 6.92 Å². The first-order chi connectivity index (χ1) is 12.8. The lowest BCUT2D eigenvalue weighted by Gasteiger charge is -2.15. The minimum Gasteiger partial charge on any atom is -0.481 e. The minimum absolute atomic E-state index is 0.337. The van der Waals surface area contributed by atoms with Crippen molar-refractivity contribution in [2.75, 3.05) is 5.32 Å². The SMILES string of the molecule is C[C@H](Oc1ccc2ccccc2c1)C(=O)Nc1ccc(OC(F)(F)F)cc1. The maximum absolute atomic E-state index is 12.2. The summed E-state index contributed by atoms with van der Waals surface area (Å²) in [6.45, 7) is 1.59. The first-order valence-electron chi connectivity index (χ1n) is 8.12. The number of hydrogen-bond donors (Lipinski definition) is 1. The topological polar surface area (TPSA) is 47.6 Å². The van der Waals surface area contributed by atoms with Gasteiger partial charge in [-0.05, 0) is 54.1 Å². The number of halogens is 3. The number of nitrogens with one attached hydrogen (secondary N) is 1. The zero-order valence-electron chi connectivity index (χ0n) is 14.3. The van der Waals surface area contributed by atoms with Crippen LogP contribution in [0.25, 0.3) is 10.8 Å². The van der Waals surface area contributed by atoms with Crippen molar-refractivity contribution in [3.05, 3.63) is 66.7 Å². The van der Waals surface area contributed by atoms with Gasteiger partial charge in [-0.25, -0.2) is 0 Å². The van der Waals surface area contributed by atoms with Gasteiger partial charge in [0.05, 0.1) is 0 Å². The number of benzene rings is 3. The molecule has 0 heterocycles. The van der Waals surface area contributed by atoms with E-state index in [-0.39, 0.29) is 5.75 Å². The smallest absolute Gasteiger partial charge is 0.481 e. The first-order valence-corrected chi connectivity index (χ1v) is 8.12. The molecule has 0 aliphatic rings. The maximum atomic E-state index is 12.2. The summed E-state index contributed by atoms with van der Waals surface area (Å²) in [5.74, 6) is -0.237. The molecule has 1 N–H and O–H groups in total. The zero-order chi connectivity index (χ0) is 19.4. The van der Waals surface area contributed by atoms with E-state index in [1.165, 1.54) is 12.1 Å². The number of amides is 1. The number of rotatable bonds is 5. The van der Waals surface area contributed by atoms with Crippen molar-refractivity contribution in [3.63, 3.8) is 0 Å². The van der Waals surface area contributed by atoms with Gasteiger partial charge in [-0.2, -0.15) is 0 Å². The lowest BCUT2D eigenvalue weighted by Crippen LogP contribution is -2.30. The van der Waals surface area contributed by atoms with Crippen LogP contribution in [0.3, 0.4) is 0 Å². The summed E-state index contributed by atoms with van der Waals surface area (Å²) in [4.78, 5) is 12.2. The van der Waals surface area contributed by atoms with Crippen molar-refractivity contribution < 1.29 is 27.4 Å². The summed E-state index contributed by atoms with van der Waals surface area (Å²) < 4.78 is 45.9. The monoisotopic (exact) mass is 375 g/mol. The van der Waals surface area contributed by atoms with Gasteiger partial charge in [0, 0.05) is 5.69 Å². The maximum Gasteiger partial charge on any atom is 0.573 e. The van der Waals surface area contributed by atoms with E-state index in [4.69, 9.17) is 4.74 Å². The van der Waals surface area contributed by atoms with Crippen molar-refractivity contribution in [1.29, 1.82) is 0 Å². The molecule has 0 saturated heterocycles. The third kappa shape index (κ3) is 5.13.